The van der Waals surface area contributed by atoms with Crippen LogP contribution in [0.3, 0.4) is 0 Å². The Morgan fingerprint density at radius 2 is 1.58 bits per heavy atom. The second kappa shape index (κ2) is 10.0. The van der Waals surface area contributed by atoms with E-state index in [4.69, 9.17) is 9.47 Å². The molecular formula is C24H25N3O5S. The summed E-state index contributed by atoms with van der Waals surface area (Å²) in [5.74, 6) is 1.71. The number of ether oxygens (including phenoxy) is 2. The zero-order valence-electron chi connectivity index (χ0n) is 18.3. The van der Waals surface area contributed by atoms with Gasteiger partial charge in [-0.1, -0.05) is 0 Å². The number of amides is 1. The van der Waals surface area contributed by atoms with Crippen LogP contribution in [0.2, 0.25) is 0 Å². The Bertz CT molecular complexity index is 1180. The van der Waals surface area contributed by atoms with E-state index in [0.29, 0.717) is 42.5 Å². The van der Waals surface area contributed by atoms with Gasteiger partial charge in [0.2, 0.25) is 10.0 Å². The molecular weight excluding hydrogens is 442 g/mol. The average Bonchev–Trinajstić information content (AvgIpc) is 2.85. The lowest BCUT2D eigenvalue weighted by Gasteiger charge is -2.34. The minimum absolute atomic E-state index is 0.138. The third-order valence-corrected chi connectivity index (χ3v) is 7.18. The van der Waals surface area contributed by atoms with Gasteiger partial charge in [0.1, 0.15) is 17.2 Å². The maximum Gasteiger partial charge on any atom is 0.253 e. The Hall–Kier alpha value is -3.43. The zero-order valence-corrected chi connectivity index (χ0v) is 19.1. The summed E-state index contributed by atoms with van der Waals surface area (Å²) in [5.41, 5.74) is 0.524. The molecule has 0 N–H and O–H groups in total. The first-order valence-corrected chi connectivity index (χ1v) is 12.1. The SMILES string of the molecule is CCOc1ccc(S(=O)(=O)N2CCN(C(=O)c3ccc(Oc4cccnc4)cc3)CC2)cc1. The highest BCUT2D eigenvalue weighted by Gasteiger charge is 2.30. The van der Waals surface area contributed by atoms with Gasteiger partial charge in [0, 0.05) is 37.9 Å². The summed E-state index contributed by atoms with van der Waals surface area (Å²) < 4.78 is 38.4. The first kappa shape index (κ1) is 22.8. The van der Waals surface area contributed by atoms with Crippen LogP contribution in [0.1, 0.15) is 17.3 Å². The standard InChI is InChI=1S/C24H25N3O5S/c1-2-31-20-9-11-23(12-10-20)33(29,30)27-16-14-26(15-17-27)24(28)19-5-7-21(8-6-19)32-22-4-3-13-25-18-22/h3-13,18H,2,14-17H2,1H3. The van der Waals surface area contributed by atoms with Gasteiger partial charge in [-0.05, 0) is 67.6 Å². The number of nitrogens with zero attached hydrogens (tertiary/aromatic N) is 3. The van der Waals surface area contributed by atoms with Gasteiger partial charge in [-0.3, -0.25) is 9.78 Å². The Labute approximate surface area is 193 Å². The van der Waals surface area contributed by atoms with Gasteiger partial charge in [-0.2, -0.15) is 4.31 Å². The lowest BCUT2D eigenvalue weighted by Crippen LogP contribution is -2.50. The molecule has 1 amide bonds. The number of carbonyl (C=O) groups is 1. The van der Waals surface area contributed by atoms with Crippen molar-refractivity contribution in [3.05, 3.63) is 78.6 Å². The molecule has 0 atom stereocenters. The lowest BCUT2D eigenvalue weighted by atomic mass is 10.2. The molecule has 1 aromatic heterocycles. The summed E-state index contributed by atoms with van der Waals surface area (Å²) in [5, 5.41) is 0. The van der Waals surface area contributed by atoms with Crippen LogP contribution < -0.4 is 9.47 Å². The maximum absolute atomic E-state index is 13.0. The van der Waals surface area contributed by atoms with Crippen LogP contribution in [0.5, 0.6) is 17.2 Å². The van der Waals surface area contributed by atoms with E-state index >= 15 is 0 Å². The molecule has 0 spiro atoms. The first-order chi connectivity index (χ1) is 16.0. The fraction of sp³-hybridized carbons (Fsp3) is 0.250. The Morgan fingerprint density at radius 1 is 0.909 bits per heavy atom. The summed E-state index contributed by atoms with van der Waals surface area (Å²) in [6, 6.07) is 16.8. The predicted molar refractivity (Wildman–Crippen MR) is 123 cm³/mol. The van der Waals surface area contributed by atoms with Crippen LogP contribution in [-0.4, -0.2) is 61.3 Å². The number of carbonyl (C=O) groups excluding carboxylic acids is 1. The summed E-state index contributed by atoms with van der Waals surface area (Å²) in [4.78, 5) is 18.8. The van der Waals surface area contributed by atoms with Crippen LogP contribution in [0, 0.1) is 0 Å². The van der Waals surface area contributed by atoms with Crippen molar-refractivity contribution in [2.45, 2.75) is 11.8 Å². The third-order valence-electron chi connectivity index (χ3n) is 5.27. The van der Waals surface area contributed by atoms with Crippen molar-refractivity contribution >= 4 is 15.9 Å². The lowest BCUT2D eigenvalue weighted by molar-refractivity contribution is 0.0698. The highest BCUT2D eigenvalue weighted by Crippen LogP contribution is 2.23. The molecule has 0 bridgehead atoms. The Morgan fingerprint density at radius 3 is 2.18 bits per heavy atom. The van der Waals surface area contributed by atoms with Crippen molar-refractivity contribution in [2.75, 3.05) is 32.8 Å². The van der Waals surface area contributed by atoms with Gasteiger partial charge in [-0.15, -0.1) is 0 Å². The Balaban J connectivity index is 1.35. The second-order valence-corrected chi connectivity index (χ2v) is 9.35. The van der Waals surface area contributed by atoms with Crippen LogP contribution in [-0.2, 0) is 10.0 Å². The molecule has 9 heteroatoms. The summed E-state index contributed by atoms with van der Waals surface area (Å²) in [6.07, 6.45) is 3.28. The fourth-order valence-electron chi connectivity index (χ4n) is 3.55. The van der Waals surface area contributed by atoms with E-state index in [2.05, 4.69) is 4.98 Å². The van der Waals surface area contributed by atoms with Gasteiger partial charge >= 0.3 is 0 Å². The molecule has 172 valence electrons. The van der Waals surface area contributed by atoms with Crippen molar-refractivity contribution in [1.82, 2.24) is 14.2 Å². The largest absolute Gasteiger partial charge is 0.494 e. The van der Waals surface area contributed by atoms with E-state index in [0.717, 1.165) is 0 Å². The van der Waals surface area contributed by atoms with Crippen molar-refractivity contribution < 1.29 is 22.7 Å². The number of pyridine rings is 1. The molecule has 1 aliphatic heterocycles. The molecule has 1 aliphatic rings. The summed E-state index contributed by atoms with van der Waals surface area (Å²) in [6.45, 7) is 3.51. The van der Waals surface area contributed by atoms with E-state index in [1.54, 1.807) is 78.0 Å². The van der Waals surface area contributed by atoms with Gasteiger partial charge in [0.25, 0.3) is 5.91 Å². The minimum Gasteiger partial charge on any atom is -0.494 e. The Kier molecular flexibility index (Phi) is 6.90. The van der Waals surface area contributed by atoms with Crippen LogP contribution in [0.4, 0.5) is 0 Å². The summed E-state index contributed by atoms with van der Waals surface area (Å²) in [7, 11) is -3.62. The van der Waals surface area contributed by atoms with E-state index in [1.165, 1.54) is 4.31 Å². The topological polar surface area (TPSA) is 89.0 Å². The van der Waals surface area contributed by atoms with Gasteiger partial charge < -0.3 is 14.4 Å². The molecule has 0 saturated carbocycles. The fourth-order valence-corrected chi connectivity index (χ4v) is 4.97. The van der Waals surface area contributed by atoms with Gasteiger partial charge in [0.15, 0.2) is 0 Å². The molecule has 2 aromatic carbocycles. The molecule has 0 unspecified atom stereocenters. The quantitative estimate of drug-likeness (QED) is 0.529. The van der Waals surface area contributed by atoms with E-state index in [-0.39, 0.29) is 23.9 Å². The third kappa shape index (κ3) is 5.32. The van der Waals surface area contributed by atoms with E-state index < -0.39 is 10.0 Å². The van der Waals surface area contributed by atoms with Crippen molar-refractivity contribution in [3.63, 3.8) is 0 Å². The first-order valence-electron chi connectivity index (χ1n) is 10.7. The molecule has 0 aliphatic carbocycles. The number of benzene rings is 2. The smallest absolute Gasteiger partial charge is 0.253 e. The molecule has 1 saturated heterocycles. The van der Waals surface area contributed by atoms with Crippen molar-refractivity contribution in [2.24, 2.45) is 0 Å². The average molecular weight is 468 g/mol. The number of aromatic nitrogens is 1. The molecule has 2 heterocycles. The number of hydrogen-bond donors (Lipinski definition) is 0. The molecule has 4 rings (SSSR count). The van der Waals surface area contributed by atoms with Crippen molar-refractivity contribution in [1.29, 1.82) is 0 Å². The second-order valence-electron chi connectivity index (χ2n) is 7.42. The molecule has 3 aromatic rings. The molecule has 0 radical (unpaired) electrons. The van der Waals surface area contributed by atoms with Crippen LogP contribution >= 0.6 is 0 Å². The molecule has 1 fully saturated rings. The van der Waals surface area contributed by atoms with E-state index in [1.807, 2.05) is 6.92 Å². The number of rotatable bonds is 7. The normalized spacial score (nSPS) is 14.6. The van der Waals surface area contributed by atoms with Crippen LogP contribution in [0.25, 0.3) is 0 Å². The maximum atomic E-state index is 13.0. The molecule has 33 heavy (non-hydrogen) atoms. The van der Waals surface area contributed by atoms with Gasteiger partial charge in [-0.25, -0.2) is 8.42 Å². The zero-order chi connectivity index (χ0) is 23.3. The van der Waals surface area contributed by atoms with Gasteiger partial charge in [0.05, 0.1) is 17.7 Å². The minimum atomic E-state index is -3.62. The number of sulfonamides is 1. The highest BCUT2D eigenvalue weighted by molar-refractivity contribution is 7.89. The number of piperazine rings is 1. The van der Waals surface area contributed by atoms with Crippen molar-refractivity contribution in [3.8, 4) is 17.2 Å². The number of hydrogen-bond acceptors (Lipinski definition) is 6. The molecule has 8 nitrogen and oxygen atoms in total. The summed E-state index contributed by atoms with van der Waals surface area (Å²) >= 11 is 0. The predicted octanol–water partition coefficient (Wildman–Crippen LogP) is 3.42. The highest BCUT2D eigenvalue weighted by atomic mass is 32.2. The van der Waals surface area contributed by atoms with Crippen LogP contribution in [0.15, 0.2) is 78.0 Å². The monoisotopic (exact) mass is 467 g/mol. The van der Waals surface area contributed by atoms with E-state index in [9.17, 15) is 13.2 Å².